The van der Waals surface area contributed by atoms with Gasteiger partial charge in [0.15, 0.2) is 11.5 Å². The molecule has 6 nitrogen and oxygen atoms in total. The highest BCUT2D eigenvalue weighted by Gasteiger charge is 2.23. The Bertz CT molecular complexity index is 1110. The summed E-state index contributed by atoms with van der Waals surface area (Å²) in [5.74, 6) is 0.503. The second kappa shape index (κ2) is 8.47. The molecule has 2 aromatic carbocycles. The van der Waals surface area contributed by atoms with E-state index in [1.807, 2.05) is 12.1 Å². The molecule has 0 spiro atoms. The van der Waals surface area contributed by atoms with Gasteiger partial charge in [-0.15, -0.1) is 0 Å². The lowest BCUT2D eigenvalue weighted by Gasteiger charge is -2.15. The third-order valence-electron chi connectivity index (χ3n) is 6.17. The number of aromatic nitrogens is 2. The summed E-state index contributed by atoms with van der Waals surface area (Å²) >= 11 is 0. The van der Waals surface area contributed by atoms with Gasteiger partial charge in [-0.1, -0.05) is 42.5 Å². The summed E-state index contributed by atoms with van der Waals surface area (Å²) in [6.45, 7) is 1.44. The maximum atomic E-state index is 12.5. The minimum atomic E-state index is -0.253. The average molecular weight is 414 g/mol. The fourth-order valence-electron chi connectivity index (χ4n) is 4.20. The number of fused-ring (bicyclic) bond motifs is 1. The zero-order valence-electron chi connectivity index (χ0n) is 17.5. The molecule has 1 fully saturated rings. The first-order valence-corrected chi connectivity index (χ1v) is 11.0. The van der Waals surface area contributed by atoms with Crippen LogP contribution in [0.15, 0.2) is 54.7 Å². The minimum Gasteiger partial charge on any atom is -0.382 e. The first-order valence-electron chi connectivity index (χ1n) is 11.0. The van der Waals surface area contributed by atoms with E-state index in [4.69, 9.17) is 5.73 Å². The lowest BCUT2D eigenvalue weighted by atomic mass is 10.1. The smallest absolute Gasteiger partial charge is 0.273 e. The van der Waals surface area contributed by atoms with Crippen LogP contribution < -0.4 is 16.4 Å². The molecule has 4 N–H and O–H groups in total. The van der Waals surface area contributed by atoms with Crippen LogP contribution in [0.2, 0.25) is 0 Å². The van der Waals surface area contributed by atoms with Crippen molar-refractivity contribution < 1.29 is 4.79 Å². The van der Waals surface area contributed by atoms with Crippen molar-refractivity contribution in [2.24, 2.45) is 5.92 Å². The number of hydrogen-bond acceptors (Lipinski definition) is 5. The second-order valence-electron chi connectivity index (χ2n) is 8.51. The van der Waals surface area contributed by atoms with Crippen molar-refractivity contribution in [1.29, 1.82) is 0 Å². The topological polar surface area (TPSA) is 92.9 Å². The van der Waals surface area contributed by atoms with Crippen molar-refractivity contribution in [1.82, 2.24) is 20.6 Å². The third-order valence-corrected chi connectivity index (χ3v) is 6.17. The van der Waals surface area contributed by atoms with Crippen molar-refractivity contribution >= 4 is 11.7 Å². The molecule has 31 heavy (non-hydrogen) atoms. The van der Waals surface area contributed by atoms with Gasteiger partial charge in [0.25, 0.3) is 5.91 Å². The van der Waals surface area contributed by atoms with Gasteiger partial charge in [-0.05, 0) is 54.4 Å². The number of nitrogens with zero attached hydrogens (tertiary/aromatic N) is 2. The van der Waals surface area contributed by atoms with E-state index in [-0.39, 0.29) is 17.4 Å². The standard InChI is InChI=1S/C25H27N5O/c26-24-23(25(31)29-13-16-8-9-16)30-22(15-28-24)19-6-3-4-17(12-19)14-27-21-11-10-18-5-1-2-7-20(18)21/h1-7,12,15-16,21,27H,8-11,13-14H2,(H2,26,28)(H,29,31)/t21-/m0/s1. The summed E-state index contributed by atoms with van der Waals surface area (Å²) in [7, 11) is 0. The average Bonchev–Trinajstić information content (AvgIpc) is 3.55. The lowest BCUT2D eigenvalue weighted by molar-refractivity contribution is 0.0947. The number of amides is 1. The Morgan fingerprint density at radius 3 is 2.84 bits per heavy atom. The molecule has 158 valence electrons. The van der Waals surface area contributed by atoms with Gasteiger partial charge in [-0.3, -0.25) is 4.79 Å². The van der Waals surface area contributed by atoms with Crippen LogP contribution in [0, 0.1) is 5.92 Å². The molecule has 2 aliphatic carbocycles. The Kier molecular flexibility index (Phi) is 5.38. The molecule has 0 aliphatic heterocycles. The second-order valence-corrected chi connectivity index (χ2v) is 8.51. The van der Waals surface area contributed by atoms with Crippen LogP contribution in [-0.2, 0) is 13.0 Å². The molecule has 0 bridgehead atoms. The number of nitrogens with two attached hydrogens (primary N) is 1. The normalized spacial score (nSPS) is 17.4. The summed E-state index contributed by atoms with van der Waals surface area (Å²) < 4.78 is 0. The molecule has 6 heteroatoms. The number of anilines is 1. The van der Waals surface area contributed by atoms with Crippen molar-refractivity contribution in [2.75, 3.05) is 12.3 Å². The number of aryl methyl sites for hydroxylation is 1. The van der Waals surface area contributed by atoms with Gasteiger partial charge >= 0.3 is 0 Å². The molecule has 0 saturated heterocycles. The lowest BCUT2D eigenvalue weighted by Crippen LogP contribution is -2.27. The van der Waals surface area contributed by atoms with E-state index in [2.05, 4.69) is 57.0 Å². The summed E-state index contributed by atoms with van der Waals surface area (Å²) in [5, 5.41) is 6.60. The van der Waals surface area contributed by atoms with E-state index in [0.29, 0.717) is 24.2 Å². The highest BCUT2D eigenvalue weighted by atomic mass is 16.1. The highest BCUT2D eigenvalue weighted by molar-refractivity contribution is 5.96. The van der Waals surface area contributed by atoms with E-state index in [0.717, 1.165) is 24.9 Å². The summed E-state index contributed by atoms with van der Waals surface area (Å²) in [4.78, 5) is 21.2. The number of rotatable bonds is 7. The van der Waals surface area contributed by atoms with E-state index in [1.165, 1.54) is 29.5 Å². The quantitative estimate of drug-likeness (QED) is 0.550. The number of carbonyl (C=O) groups is 1. The Morgan fingerprint density at radius 1 is 1.10 bits per heavy atom. The predicted molar refractivity (Wildman–Crippen MR) is 121 cm³/mol. The summed E-state index contributed by atoms with van der Waals surface area (Å²) in [5.41, 5.74) is 11.7. The van der Waals surface area contributed by atoms with Crippen molar-refractivity contribution in [2.45, 2.75) is 38.3 Å². The third kappa shape index (κ3) is 4.44. The molecular formula is C25H27N5O. The Hall–Kier alpha value is -3.25. The zero-order chi connectivity index (χ0) is 21.2. The highest BCUT2D eigenvalue weighted by Crippen LogP contribution is 2.31. The fraction of sp³-hybridized carbons (Fsp3) is 0.320. The number of carbonyl (C=O) groups excluding carboxylic acids is 1. The molecule has 1 saturated carbocycles. The van der Waals surface area contributed by atoms with Gasteiger partial charge in [0.2, 0.25) is 0 Å². The van der Waals surface area contributed by atoms with Gasteiger partial charge in [0.05, 0.1) is 11.9 Å². The molecule has 1 heterocycles. The zero-order valence-corrected chi connectivity index (χ0v) is 17.5. The van der Waals surface area contributed by atoms with Gasteiger partial charge in [-0.25, -0.2) is 9.97 Å². The molecule has 1 amide bonds. The van der Waals surface area contributed by atoms with Crippen LogP contribution in [0.25, 0.3) is 11.3 Å². The molecule has 2 aliphatic rings. The predicted octanol–water partition coefficient (Wildman–Crippen LogP) is 3.64. The van der Waals surface area contributed by atoms with Crippen LogP contribution in [0.4, 0.5) is 5.82 Å². The number of benzene rings is 2. The summed E-state index contributed by atoms with van der Waals surface area (Å²) in [6.07, 6.45) is 6.23. The van der Waals surface area contributed by atoms with Gasteiger partial charge in [0, 0.05) is 24.7 Å². The van der Waals surface area contributed by atoms with Crippen LogP contribution in [-0.4, -0.2) is 22.4 Å². The maximum absolute atomic E-state index is 12.5. The molecule has 0 unspecified atom stereocenters. The van der Waals surface area contributed by atoms with Crippen LogP contribution in [0.5, 0.6) is 0 Å². The van der Waals surface area contributed by atoms with E-state index in [9.17, 15) is 4.79 Å². The Morgan fingerprint density at radius 2 is 1.97 bits per heavy atom. The largest absolute Gasteiger partial charge is 0.382 e. The van der Waals surface area contributed by atoms with Crippen molar-refractivity contribution in [3.8, 4) is 11.3 Å². The first kappa shape index (κ1) is 19.7. The Labute approximate surface area is 182 Å². The number of nitrogen functional groups attached to an aromatic ring is 1. The molecular weight excluding hydrogens is 386 g/mol. The minimum absolute atomic E-state index is 0.162. The fourth-order valence-corrected chi connectivity index (χ4v) is 4.20. The van der Waals surface area contributed by atoms with E-state index >= 15 is 0 Å². The van der Waals surface area contributed by atoms with Gasteiger partial charge in [0.1, 0.15) is 0 Å². The van der Waals surface area contributed by atoms with Gasteiger partial charge in [-0.2, -0.15) is 0 Å². The number of nitrogens with one attached hydrogen (secondary N) is 2. The molecule has 1 atom stereocenters. The molecule has 0 radical (unpaired) electrons. The van der Waals surface area contributed by atoms with E-state index < -0.39 is 0 Å². The molecule has 3 aromatic rings. The van der Waals surface area contributed by atoms with Crippen LogP contribution in [0.1, 0.15) is 52.5 Å². The molecule has 1 aromatic heterocycles. The Balaban J connectivity index is 1.29. The number of hydrogen-bond donors (Lipinski definition) is 3. The van der Waals surface area contributed by atoms with Crippen LogP contribution >= 0.6 is 0 Å². The van der Waals surface area contributed by atoms with Crippen molar-refractivity contribution in [3.05, 3.63) is 77.1 Å². The summed E-state index contributed by atoms with van der Waals surface area (Å²) in [6, 6.07) is 17.2. The van der Waals surface area contributed by atoms with Gasteiger partial charge < -0.3 is 16.4 Å². The maximum Gasteiger partial charge on any atom is 0.273 e. The van der Waals surface area contributed by atoms with Crippen molar-refractivity contribution in [3.63, 3.8) is 0 Å². The SMILES string of the molecule is Nc1ncc(-c2cccc(CN[C@H]3CCc4ccccc43)c2)nc1C(=O)NCC1CC1. The first-order chi connectivity index (χ1) is 15.2. The monoisotopic (exact) mass is 413 g/mol. The van der Waals surface area contributed by atoms with E-state index in [1.54, 1.807) is 6.20 Å². The van der Waals surface area contributed by atoms with Crippen LogP contribution in [0.3, 0.4) is 0 Å². The molecule has 5 rings (SSSR count).